The molecule has 82 valence electrons. The maximum absolute atomic E-state index is 4.44. The van der Waals surface area contributed by atoms with Gasteiger partial charge in [0.25, 0.3) is 0 Å². The van der Waals surface area contributed by atoms with Crippen molar-refractivity contribution in [2.75, 3.05) is 7.05 Å². The van der Waals surface area contributed by atoms with Crippen molar-refractivity contribution in [3.8, 4) is 0 Å². The molecule has 0 saturated carbocycles. The molecule has 0 unspecified atom stereocenters. The zero-order chi connectivity index (χ0) is 9.10. The molecule has 0 aliphatic heterocycles. The smallest absolute Gasteiger partial charge is 0.0890 e. The van der Waals surface area contributed by atoms with Gasteiger partial charge in [-0.25, -0.2) is 4.98 Å². The van der Waals surface area contributed by atoms with E-state index in [4.69, 9.17) is 0 Å². The number of halogens is 2. The summed E-state index contributed by atoms with van der Waals surface area (Å²) in [4.78, 5) is 8.74. The van der Waals surface area contributed by atoms with Crippen LogP contribution in [0.5, 0.6) is 0 Å². The first-order valence-electron chi connectivity index (χ1n) is 4.25. The second-order valence-corrected chi connectivity index (χ2v) is 2.88. The maximum atomic E-state index is 4.44. The zero-order valence-electron chi connectivity index (χ0n) is 8.30. The Morgan fingerprint density at radius 2 is 1.80 bits per heavy atom. The third kappa shape index (κ3) is 3.30. The van der Waals surface area contributed by atoms with Crippen molar-refractivity contribution in [1.29, 1.82) is 0 Å². The number of aromatic nitrogens is 2. The molecule has 0 atom stereocenters. The Morgan fingerprint density at radius 3 is 2.47 bits per heavy atom. The molecular formula is C10H13Cl2N3. The summed E-state index contributed by atoms with van der Waals surface area (Å²) in [6.45, 7) is 0.762. The Morgan fingerprint density at radius 1 is 1.13 bits per heavy atom. The van der Waals surface area contributed by atoms with E-state index >= 15 is 0 Å². The second kappa shape index (κ2) is 6.56. The standard InChI is InChI=1S/C10H11N3.2ClH/c1-11-6-8-7-12-9-4-2-3-5-10(9)13-8;;/h2-5,7,11H,6H2,1H3;2*1H. The molecule has 0 saturated heterocycles. The highest BCUT2D eigenvalue weighted by Crippen LogP contribution is 2.07. The van der Waals surface area contributed by atoms with Gasteiger partial charge in [0.2, 0.25) is 0 Å². The molecule has 1 aromatic carbocycles. The quantitative estimate of drug-likeness (QED) is 0.882. The average molecular weight is 246 g/mol. The van der Waals surface area contributed by atoms with Crippen LogP contribution in [-0.2, 0) is 6.54 Å². The molecule has 0 amide bonds. The minimum Gasteiger partial charge on any atom is -0.314 e. The molecule has 0 aliphatic carbocycles. The highest BCUT2D eigenvalue weighted by molar-refractivity contribution is 5.85. The van der Waals surface area contributed by atoms with Gasteiger partial charge in [0.1, 0.15) is 0 Å². The predicted molar refractivity (Wildman–Crippen MR) is 66.8 cm³/mol. The van der Waals surface area contributed by atoms with E-state index in [1.165, 1.54) is 0 Å². The third-order valence-corrected chi connectivity index (χ3v) is 1.86. The lowest BCUT2D eigenvalue weighted by Crippen LogP contribution is -2.07. The summed E-state index contributed by atoms with van der Waals surface area (Å²) < 4.78 is 0. The Balaban J connectivity index is 0.000000980. The summed E-state index contributed by atoms with van der Waals surface area (Å²) in [6, 6.07) is 7.88. The van der Waals surface area contributed by atoms with Crippen molar-refractivity contribution in [1.82, 2.24) is 15.3 Å². The van der Waals surface area contributed by atoms with Gasteiger partial charge in [0.15, 0.2) is 0 Å². The molecule has 1 aromatic heterocycles. The fraction of sp³-hybridized carbons (Fsp3) is 0.200. The first-order valence-corrected chi connectivity index (χ1v) is 4.25. The molecule has 15 heavy (non-hydrogen) atoms. The van der Waals surface area contributed by atoms with E-state index in [0.29, 0.717) is 0 Å². The van der Waals surface area contributed by atoms with Crippen LogP contribution in [0.2, 0.25) is 0 Å². The van der Waals surface area contributed by atoms with Gasteiger partial charge in [-0.05, 0) is 19.2 Å². The van der Waals surface area contributed by atoms with Gasteiger partial charge < -0.3 is 5.32 Å². The number of hydrogen-bond donors (Lipinski definition) is 1. The monoisotopic (exact) mass is 245 g/mol. The molecule has 2 rings (SSSR count). The summed E-state index contributed by atoms with van der Waals surface area (Å²) in [5.74, 6) is 0. The van der Waals surface area contributed by atoms with Crippen LogP contribution in [0.1, 0.15) is 5.69 Å². The Bertz CT molecular complexity index is 420. The van der Waals surface area contributed by atoms with E-state index in [-0.39, 0.29) is 24.8 Å². The van der Waals surface area contributed by atoms with Crippen LogP contribution in [0.4, 0.5) is 0 Å². The van der Waals surface area contributed by atoms with Crippen LogP contribution in [0.15, 0.2) is 30.5 Å². The van der Waals surface area contributed by atoms with Crippen LogP contribution in [0.3, 0.4) is 0 Å². The molecule has 2 aromatic rings. The van der Waals surface area contributed by atoms with Crippen molar-refractivity contribution in [2.24, 2.45) is 0 Å². The van der Waals surface area contributed by atoms with E-state index in [1.54, 1.807) is 6.20 Å². The van der Waals surface area contributed by atoms with Gasteiger partial charge in [-0.2, -0.15) is 0 Å². The lowest BCUT2D eigenvalue weighted by molar-refractivity contribution is 0.790. The lowest BCUT2D eigenvalue weighted by Gasteiger charge is -2.00. The summed E-state index contributed by atoms with van der Waals surface area (Å²) in [5.41, 5.74) is 2.87. The summed E-state index contributed by atoms with van der Waals surface area (Å²) in [7, 11) is 1.90. The molecular weight excluding hydrogens is 233 g/mol. The Labute approximate surface area is 101 Å². The van der Waals surface area contributed by atoms with E-state index in [0.717, 1.165) is 23.3 Å². The molecule has 0 spiro atoms. The second-order valence-electron chi connectivity index (χ2n) is 2.88. The number of fused-ring (bicyclic) bond motifs is 1. The summed E-state index contributed by atoms with van der Waals surface area (Å²) >= 11 is 0. The SMILES string of the molecule is CNCc1cnc2ccccc2n1.Cl.Cl. The Kier molecular flexibility index (Phi) is 6.17. The number of nitrogens with zero attached hydrogens (tertiary/aromatic N) is 2. The maximum Gasteiger partial charge on any atom is 0.0890 e. The first kappa shape index (κ1) is 14.1. The van der Waals surface area contributed by atoms with Crippen LogP contribution in [0, 0.1) is 0 Å². The molecule has 1 heterocycles. The summed E-state index contributed by atoms with van der Waals surface area (Å²) in [5, 5.41) is 3.05. The fourth-order valence-corrected chi connectivity index (χ4v) is 1.26. The molecule has 3 nitrogen and oxygen atoms in total. The number of benzene rings is 1. The van der Waals surface area contributed by atoms with Gasteiger partial charge in [-0.3, -0.25) is 4.98 Å². The zero-order valence-corrected chi connectivity index (χ0v) is 9.94. The largest absolute Gasteiger partial charge is 0.314 e. The van der Waals surface area contributed by atoms with E-state index in [2.05, 4.69) is 15.3 Å². The average Bonchev–Trinajstić information content (AvgIpc) is 2.18. The van der Waals surface area contributed by atoms with E-state index < -0.39 is 0 Å². The van der Waals surface area contributed by atoms with Crippen LogP contribution < -0.4 is 5.32 Å². The summed E-state index contributed by atoms with van der Waals surface area (Å²) in [6.07, 6.45) is 1.80. The van der Waals surface area contributed by atoms with E-state index in [1.807, 2.05) is 31.3 Å². The topological polar surface area (TPSA) is 37.8 Å². The lowest BCUT2D eigenvalue weighted by atomic mass is 10.3. The minimum absolute atomic E-state index is 0. The number of para-hydroxylation sites is 2. The van der Waals surface area contributed by atoms with Crippen molar-refractivity contribution in [3.63, 3.8) is 0 Å². The predicted octanol–water partition coefficient (Wildman–Crippen LogP) is 2.19. The minimum atomic E-state index is 0. The van der Waals surface area contributed by atoms with Gasteiger partial charge in [0.05, 0.1) is 22.9 Å². The first-order chi connectivity index (χ1) is 6.40. The molecule has 5 heteroatoms. The Hall–Kier alpha value is -0.900. The van der Waals surface area contributed by atoms with Crippen LogP contribution in [-0.4, -0.2) is 17.0 Å². The normalized spacial score (nSPS) is 9.13. The molecule has 0 fully saturated rings. The van der Waals surface area contributed by atoms with Crippen molar-refractivity contribution >= 4 is 35.8 Å². The number of rotatable bonds is 2. The van der Waals surface area contributed by atoms with Crippen molar-refractivity contribution in [2.45, 2.75) is 6.54 Å². The van der Waals surface area contributed by atoms with Gasteiger partial charge in [0, 0.05) is 6.54 Å². The third-order valence-electron chi connectivity index (χ3n) is 1.86. The molecule has 0 bridgehead atoms. The molecule has 1 N–H and O–H groups in total. The van der Waals surface area contributed by atoms with Crippen LogP contribution in [0.25, 0.3) is 11.0 Å². The van der Waals surface area contributed by atoms with E-state index in [9.17, 15) is 0 Å². The fourth-order valence-electron chi connectivity index (χ4n) is 1.26. The number of nitrogens with one attached hydrogen (secondary N) is 1. The highest BCUT2D eigenvalue weighted by atomic mass is 35.5. The highest BCUT2D eigenvalue weighted by Gasteiger charge is 1.96. The number of hydrogen-bond acceptors (Lipinski definition) is 3. The van der Waals surface area contributed by atoms with Crippen LogP contribution >= 0.6 is 24.8 Å². The van der Waals surface area contributed by atoms with Gasteiger partial charge in [-0.1, -0.05) is 12.1 Å². The van der Waals surface area contributed by atoms with Gasteiger partial charge in [-0.15, -0.1) is 24.8 Å². The van der Waals surface area contributed by atoms with Crippen molar-refractivity contribution < 1.29 is 0 Å². The van der Waals surface area contributed by atoms with Gasteiger partial charge >= 0.3 is 0 Å². The molecule has 0 radical (unpaired) electrons. The molecule has 0 aliphatic rings. The van der Waals surface area contributed by atoms with Crippen molar-refractivity contribution in [3.05, 3.63) is 36.2 Å².